The second-order valence-electron chi connectivity index (χ2n) is 5.76. The third kappa shape index (κ3) is 2.59. The van der Waals surface area contributed by atoms with E-state index in [9.17, 15) is 5.11 Å². The monoisotopic (exact) mass is 340 g/mol. The molecule has 0 amide bonds. The van der Waals surface area contributed by atoms with Gasteiger partial charge in [0, 0.05) is 31.3 Å². The number of hydrogen-bond acceptors (Lipinski definition) is 4. The lowest BCUT2D eigenvalue weighted by atomic mass is 9.89. The average molecular weight is 341 g/mol. The number of aryl methyl sites for hydroxylation is 1. The Morgan fingerprint density at radius 1 is 1.45 bits per heavy atom. The molecular formula is C15H21BrN2O2. The van der Waals surface area contributed by atoms with E-state index in [2.05, 4.69) is 32.7 Å². The van der Waals surface area contributed by atoms with Crippen LogP contribution < -0.4 is 4.90 Å². The topological polar surface area (TPSA) is 45.6 Å². The molecule has 20 heavy (non-hydrogen) atoms. The fourth-order valence-electron chi connectivity index (χ4n) is 3.34. The van der Waals surface area contributed by atoms with Crippen molar-refractivity contribution in [1.29, 1.82) is 0 Å². The maximum Gasteiger partial charge on any atom is 0.143 e. The van der Waals surface area contributed by atoms with Crippen LogP contribution in [0.3, 0.4) is 0 Å². The van der Waals surface area contributed by atoms with E-state index in [1.807, 2.05) is 12.3 Å². The van der Waals surface area contributed by atoms with E-state index in [1.54, 1.807) is 0 Å². The standard InChI is InChI=1S/C15H21BrN2O2/c1-10-4-6-17-15(14(10)16)18-7-2-3-12(18)11-9-20-8-5-13(11)19/h4,6,11-13,19H,2-3,5,7-9H2,1H3/t11-,12-,13-/m1/s1. The lowest BCUT2D eigenvalue weighted by Crippen LogP contribution is -2.46. The van der Waals surface area contributed by atoms with Crippen molar-refractivity contribution in [2.75, 3.05) is 24.7 Å². The molecule has 3 atom stereocenters. The summed E-state index contributed by atoms with van der Waals surface area (Å²) in [4.78, 5) is 6.89. The molecular weight excluding hydrogens is 320 g/mol. The zero-order valence-corrected chi connectivity index (χ0v) is 13.3. The van der Waals surface area contributed by atoms with Gasteiger partial charge in [0.2, 0.25) is 0 Å². The van der Waals surface area contributed by atoms with Gasteiger partial charge in [0.25, 0.3) is 0 Å². The Hall–Kier alpha value is -0.650. The largest absolute Gasteiger partial charge is 0.393 e. The van der Waals surface area contributed by atoms with E-state index in [4.69, 9.17) is 4.74 Å². The summed E-state index contributed by atoms with van der Waals surface area (Å²) >= 11 is 3.66. The van der Waals surface area contributed by atoms with Crippen LogP contribution in [0, 0.1) is 12.8 Å². The fraction of sp³-hybridized carbons (Fsp3) is 0.667. The van der Waals surface area contributed by atoms with Crippen LogP contribution in [0.25, 0.3) is 0 Å². The quantitative estimate of drug-likeness (QED) is 0.898. The lowest BCUT2D eigenvalue weighted by Gasteiger charge is -2.37. The predicted octanol–water partition coefficient (Wildman–Crippen LogP) is 2.52. The van der Waals surface area contributed by atoms with E-state index >= 15 is 0 Å². The predicted molar refractivity (Wildman–Crippen MR) is 82.0 cm³/mol. The number of aliphatic hydroxyl groups excluding tert-OH is 1. The van der Waals surface area contributed by atoms with E-state index in [0.717, 1.165) is 36.1 Å². The first-order valence-electron chi connectivity index (χ1n) is 7.32. The van der Waals surface area contributed by atoms with Crippen LogP contribution in [0.15, 0.2) is 16.7 Å². The van der Waals surface area contributed by atoms with Gasteiger partial charge in [0.1, 0.15) is 5.82 Å². The van der Waals surface area contributed by atoms with Gasteiger partial charge >= 0.3 is 0 Å². The second kappa shape index (κ2) is 6.00. The minimum atomic E-state index is -0.252. The summed E-state index contributed by atoms with van der Waals surface area (Å²) in [7, 11) is 0. The van der Waals surface area contributed by atoms with Crippen molar-refractivity contribution in [2.24, 2.45) is 5.92 Å². The van der Waals surface area contributed by atoms with Crippen molar-refractivity contribution in [1.82, 2.24) is 4.98 Å². The number of nitrogens with zero attached hydrogens (tertiary/aromatic N) is 2. The Balaban J connectivity index is 1.86. The summed E-state index contributed by atoms with van der Waals surface area (Å²) in [5, 5.41) is 10.3. The minimum absolute atomic E-state index is 0.195. The van der Waals surface area contributed by atoms with Crippen LogP contribution in [0.5, 0.6) is 0 Å². The van der Waals surface area contributed by atoms with E-state index in [-0.39, 0.29) is 12.0 Å². The zero-order valence-electron chi connectivity index (χ0n) is 11.8. The summed E-state index contributed by atoms with van der Waals surface area (Å²) in [6.07, 6.45) is 4.61. The number of ether oxygens (including phenoxy) is 1. The molecule has 5 heteroatoms. The highest BCUT2D eigenvalue weighted by atomic mass is 79.9. The van der Waals surface area contributed by atoms with Crippen molar-refractivity contribution in [3.8, 4) is 0 Å². The number of aromatic nitrogens is 1. The van der Waals surface area contributed by atoms with Crippen LogP contribution in [-0.4, -0.2) is 42.0 Å². The molecule has 3 rings (SSSR count). The molecule has 0 bridgehead atoms. The number of pyridine rings is 1. The molecule has 0 aliphatic carbocycles. The van der Waals surface area contributed by atoms with Gasteiger partial charge in [-0.15, -0.1) is 0 Å². The Morgan fingerprint density at radius 2 is 2.30 bits per heavy atom. The molecule has 2 saturated heterocycles. The maximum absolute atomic E-state index is 10.3. The van der Waals surface area contributed by atoms with E-state index < -0.39 is 0 Å². The summed E-state index contributed by atoms with van der Waals surface area (Å²) in [5.74, 6) is 1.20. The summed E-state index contributed by atoms with van der Waals surface area (Å²) in [6, 6.07) is 2.34. The molecule has 1 N–H and O–H groups in total. The fourth-order valence-corrected chi connectivity index (χ4v) is 3.81. The third-order valence-electron chi connectivity index (χ3n) is 4.49. The molecule has 0 spiro atoms. The molecule has 0 aromatic carbocycles. The first-order valence-corrected chi connectivity index (χ1v) is 8.11. The molecule has 0 unspecified atom stereocenters. The highest BCUT2D eigenvalue weighted by molar-refractivity contribution is 9.10. The van der Waals surface area contributed by atoms with Crippen molar-refractivity contribution in [3.05, 3.63) is 22.3 Å². The van der Waals surface area contributed by atoms with Gasteiger partial charge in [0.05, 0.1) is 17.2 Å². The van der Waals surface area contributed by atoms with Gasteiger partial charge in [-0.1, -0.05) is 0 Å². The Kier molecular flexibility index (Phi) is 4.29. The molecule has 0 saturated carbocycles. The van der Waals surface area contributed by atoms with Crippen LogP contribution >= 0.6 is 15.9 Å². The molecule has 4 nitrogen and oxygen atoms in total. The molecule has 2 fully saturated rings. The highest BCUT2D eigenvalue weighted by Crippen LogP contribution is 2.36. The van der Waals surface area contributed by atoms with E-state index in [0.29, 0.717) is 19.3 Å². The van der Waals surface area contributed by atoms with Crippen LogP contribution in [-0.2, 0) is 4.74 Å². The first-order chi connectivity index (χ1) is 9.68. The number of anilines is 1. The van der Waals surface area contributed by atoms with Crippen LogP contribution in [0.4, 0.5) is 5.82 Å². The lowest BCUT2D eigenvalue weighted by molar-refractivity contribution is -0.0438. The van der Waals surface area contributed by atoms with Gasteiger partial charge in [-0.25, -0.2) is 4.98 Å². The number of halogens is 1. The van der Waals surface area contributed by atoms with Gasteiger partial charge in [0.15, 0.2) is 0 Å². The second-order valence-corrected chi connectivity index (χ2v) is 6.56. The summed E-state index contributed by atoms with van der Waals surface area (Å²) < 4.78 is 6.65. The van der Waals surface area contributed by atoms with Gasteiger partial charge < -0.3 is 14.7 Å². The van der Waals surface area contributed by atoms with Crippen molar-refractivity contribution < 1.29 is 9.84 Å². The molecule has 2 aliphatic heterocycles. The normalized spacial score (nSPS) is 30.8. The average Bonchev–Trinajstić information content (AvgIpc) is 2.91. The van der Waals surface area contributed by atoms with E-state index in [1.165, 1.54) is 5.56 Å². The Morgan fingerprint density at radius 3 is 3.10 bits per heavy atom. The number of aliphatic hydroxyl groups is 1. The molecule has 110 valence electrons. The number of rotatable bonds is 2. The number of hydrogen-bond donors (Lipinski definition) is 1. The Labute approximate surface area is 128 Å². The Bertz CT molecular complexity index is 483. The SMILES string of the molecule is Cc1ccnc(N2CCC[C@@H]2[C@H]2COCC[C@H]2O)c1Br. The third-order valence-corrected chi connectivity index (χ3v) is 5.47. The molecule has 2 aliphatic rings. The zero-order chi connectivity index (χ0) is 14.1. The first kappa shape index (κ1) is 14.3. The van der Waals surface area contributed by atoms with Gasteiger partial charge in [-0.05, 0) is 53.7 Å². The molecule has 0 radical (unpaired) electrons. The molecule has 1 aromatic rings. The van der Waals surface area contributed by atoms with Gasteiger partial charge in [-0.3, -0.25) is 0 Å². The highest BCUT2D eigenvalue weighted by Gasteiger charge is 2.38. The van der Waals surface area contributed by atoms with Crippen LogP contribution in [0.2, 0.25) is 0 Å². The van der Waals surface area contributed by atoms with Gasteiger partial charge in [-0.2, -0.15) is 0 Å². The van der Waals surface area contributed by atoms with Crippen molar-refractivity contribution in [3.63, 3.8) is 0 Å². The minimum Gasteiger partial charge on any atom is -0.393 e. The van der Waals surface area contributed by atoms with Crippen molar-refractivity contribution in [2.45, 2.75) is 38.3 Å². The smallest absolute Gasteiger partial charge is 0.143 e. The summed E-state index contributed by atoms with van der Waals surface area (Å²) in [6.45, 7) is 4.42. The molecule has 3 heterocycles. The van der Waals surface area contributed by atoms with Crippen LogP contribution in [0.1, 0.15) is 24.8 Å². The summed E-state index contributed by atoms with van der Waals surface area (Å²) in [5.41, 5.74) is 1.20. The van der Waals surface area contributed by atoms with Crippen molar-refractivity contribution >= 4 is 21.7 Å². The molecule has 1 aromatic heterocycles. The maximum atomic E-state index is 10.3.